The van der Waals surface area contributed by atoms with Crippen LogP contribution in [0.4, 0.5) is 0 Å². The van der Waals surface area contributed by atoms with Crippen LogP contribution < -0.4 is 0 Å². The molecule has 0 radical (unpaired) electrons. The molecule has 0 spiro atoms. The van der Waals surface area contributed by atoms with Crippen LogP contribution in [0.5, 0.6) is 0 Å². The number of rotatable bonds is 2. The van der Waals surface area contributed by atoms with Crippen molar-refractivity contribution in [1.82, 2.24) is 0 Å². The first kappa shape index (κ1) is 28.6. The summed E-state index contributed by atoms with van der Waals surface area (Å²) >= 11 is 0. The van der Waals surface area contributed by atoms with Crippen LogP contribution >= 0.6 is 0 Å². The Morgan fingerprint density at radius 1 is 1.03 bits per heavy atom. The minimum atomic E-state index is -0.547. The number of ether oxygens (including phenoxy) is 1. The van der Waals surface area contributed by atoms with Crippen molar-refractivity contribution in [3.63, 3.8) is 0 Å². The van der Waals surface area contributed by atoms with Gasteiger partial charge in [-0.15, -0.1) is 0 Å². The van der Waals surface area contributed by atoms with E-state index < -0.39 is 5.41 Å². The maximum Gasteiger partial charge on any atom is 0.308 e. The van der Waals surface area contributed by atoms with Crippen molar-refractivity contribution in [2.45, 2.75) is 100 Å². The van der Waals surface area contributed by atoms with Crippen LogP contribution in [0.1, 0.15) is 100 Å². The van der Waals surface area contributed by atoms with Crippen LogP contribution in [0.25, 0.3) is 0 Å². The van der Waals surface area contributed by atoms with Crippen molar-refractivity contribution >= 4 is 17.5 Å². The van der Waals surface area contributed by atoms with Crippen molar-refractivity contribution in [2.24, 2.45) is 67.6 Å². The lowest BCUT2D eigenvalue weighted by atomic mass is 9.32. The summed E-state index contributed by atoms with van der Waals surface area (Å²) in [7, 11) is 1.54. The topological polar surface area (TPSA) is 79.5 Å². The summed E-state index contributed by atoms with van der Waals surface area (Å²) in [6.07, 6.45) is 9.26. The highest BCUT2D eigenvalue weighted by Gasteiger charge is 2.70. The van der Waals surface area contributed by atoms with Crippen molar-refractivity contribution < 1.29 is 14.3 Å². The van der Waals surface area contributed by atoms with Crippen LogP contribution in [0.15, 0.2) is 16.6 Å². The van der Waals surface area contributed by atoms with Gasteiger partial charge in [0, 0.05) is 23.6 Å². The van der Waals surface area contributed by atoms with Crippen molar-refractivity contribution in [3.05, 3.63) is 11.6 Å². The Kier molecular flexibility index (Phi) is 6.61. The molecule has 5 aliphatic rings. The maximum absolute atomic E-state index is 13.3. The van der Waals surface area contributed by atoms with Gasteiger partial charge in [-0.25, -0.2) is 0 Å². The predicted octanol–water partition coefficient (Wildman–Crippen LogP) is 7.21. The van der Waals surface area contributed by atoms with Crippen molar-refractivity contribution in [1.29, 1.82) is 5.26 Å². The Labute approximate surface area is 236 Å². The van der Waals surface area contributed by atoms with E-state index in [1.165, 1.54) is 5.71 Å². The summed E-state index contributed by atoms with van der Waals surface area (Å²) in [5.74, 6) is 1.57. The molecule has 0 aromatic rings. The Balaban J connectivity index is 1.66. The monoisotopic (exact) mass is 534 g/mol. The number of hydrogen-bond acceptors (Lipinski definition) is 5. The molecule has 0 saturated heterocycles. The van der Waals surface area contributed by atoms with Crippen LogP contribution in [0.3, 0.4) is 0 Å². The van der Waals surface area contributed by atoms with E-state index in [4.69, 9.17) is 9.73 Å². The quantitative estimate of drug-likeness (QED) is 0.351. The van der Waals surface area contributed by atoms with E-state index in [-0.39, 0.29) is 45.2 Å². The molecule has 5 nitrogen and oxygen atoms in total. The fourth-order valence-electron chi connectivity index (χ4n) is 11.5. The van der Waals surface area contributed by atoms with Crippen LogP contribution in [-0.2, 0) is 14.3 Å². The van der Waals surface area contributed by atoms with E-state index in [0.29, 0.717) is 29.2 Å². The summed E-state index contributed by atoms with van der Waals surface area (Å²) in [4.78, 5) is 31.7. The third-order valence-corrected chi connectivity index (χ3v) is 13.2. The number of ketones is 1. The molecule has 0 heterocycles. The summed E-state index contributed by atoms with van der Waals surface area (Å²) in [6.45, 7) is 19.1. The third kappa shape index (κ3) is 3.78. The van der Waals surface area contributed by atoms with Gasteiger partial charge in [0.1, 0.15) is 6.07 Å². The van der Waals surface area contributed by atoms with Crippen LogP contribution in [0.2, 0.25) is 0 Å². The zero-order chi connectivity index (χ0) is 28.8. The van der Waals surface area contributed by atoms with Gasteiger partial charge in [-0.05, 0) is 97.2 Å². The van der Waals surface area contributed by atoms with E-state index in [0.717, 1.165) is 51.5 Å². The Hall–Kier alpha value is -1.96. The highest BCUT2D eigenvalue weighted by Crippen LogP contribution is 2.74. The molecule has 0 aromatic carbocycles. The largest absolute Gasteiger partial charge is 0.469 e. The average Bonchev–Trinajstić information content (AvgIpc) is 2.86. The molecule has 5 aliphatic carbocycles. The van der Waals surface area contributed by atoms with E-state index in [1.54, 1.807) is 7.11 Å². The molecule has 39 heavy (non-hydrogen) atoms. The zero-order valence-corrected chi connectivity index (χ0v) is 25.8. The standard InChI is InChI=1S/C34H50N2O3/c1-10-36-24-15-26-32(6)16-20(19-35)28(37)31(4,5)25(32)12-14-33(26,7)34(8)13-11-21-22(27(24)34)17-30(2,3)18-23(21)29(38)39-9/h16,21-23,25-27H,10-15,17-18H2,1-9H3/b36-24+/t21?,22?,23-,25+,26-,27?,32+,33-,34-/m1/s1. The smallest absolute Gasteiger partial charge is 0.308 e. The summed E-state index contributed by atoms with van der Waals surface area (Å²) in [5.41, 5.74) is 1.07. The molecule has 4 saturated carbocycles. The van der Waals surface area contributed by atoms with E-state index >= 15 is 0 Å². The van der Waals surface area contributed by atoms with Gasteiger partial charge < -0.3 is 4.74 Å². The number of methoxy groups -OCH3 is 1. The van der Waals surface area contributed by atoms with Gasteiger partial charge in [0.05, 0.1) is 18.6 Å². The second-order valence-electron chi connectivity index (χ2n) is 15.8. The molecular weight excluding hydrogens is 484 g/mol. The Morgan fingerprint density at radius 2 is 1.69 bits per heavy atom. The highest BCUT2D eigenvalue weighted by molar-refractivity contribution is 6.04. The van der Waals surface area contributed by atoms with E-state index in [2.05, 4.69) is 67.5 Å². The number of carbonyl (C=O) groups is 2. The van der Waals surface area contributed by atoms with Gasteiger partial charge in [0.2, 0.25) is 0 Å². The van der Waals surface area contributed by atoms with Crippen molar-refractivity contribution in [3.8, 4) is 6.07 Å². The lowest BCUT2D eigenvalue weighted by molar-refractivity contribution is -0.192. The highest BCUT2D eigenvalue weighted by atomic mass is 16.5. The number of fused-ring (bicyclic) bond motifs is 7. The number of nitriles is 1. The molecular formula is C34H50N2O3. The maximum atomic E-state index is 13.3. The Bertz CT molecular complexity index is 1170. The predicted molar refractivity (Wildman–Crippen MR) is 154 cm³/mol. The number of hydrogen-bond donors (Lipinski definition) is 0. The molecule has 4 fully saturated rings. The molecule has 0 aromatic heterocycles. The first-order valence-electron chi connectivity index (χ1n) is 15.4. The second-order valence-corrected chi connectivity index (χ2v) is 15.8. The summed E-state index contributed by atoms with van der Waals surface area (Å²) in [6, 6.07) is 2.28. The number of allylic oxidation sites excluding steroid dienone is 2. The fourth-order valence-corrected chi connectivity index (χ4v) is 11.5. The van der Waals surface area contributed by atoms with Crippen LogP contribution in [-0.4, -0.2) is 31.1 Å². The van der Waals surface area contributed by atoms with Gasteiger partial charge in [-0.1, -0.05) is 54.5 Å². The molecule has 0 aliphatic heterocycles. The number of aliphatic imine (C=N–C) groups is 1. The summed E-state index contributed by atoms with van der Waals surface area (Å²) < 4.78 is 5.36. The molecule has 0 bridgehead atoms. The van der Waals surface area contributed by atoms with Gasteiger partial charge in [0.15, 0.2) is 5.78 Å². The number of carbonyl (C=O) groups excluding carboxylic acids is 2. The number of nitrogens with zero attached hydrogens (tertiary/aromatic N) is 2. The molecule has 9 atom stereocenters. The minimum Gasteiger partial charge on any atom is -0.469 e. The average molecular weight is 535 g/mol. The minimum absolute atomic E-state index is 0.0113. The molecule has 3 unspecified atom stereocenters. The molecule has 5 rings (SSSR count). The molecule has 214 valence electrons. The molecule has 0 amide bonds. The van der Waals surface area contributed by atoms with Crippen LogP contribution in [0, 0.1) is 73.9 Å². The third-order valence-electron chi connectivity index (χ3n) is 13.2. The van der Waals surface area contributed by atoms with E-state index in [1.807, 2.05) is 0 Å². The second kappa shape index (κ2) is 9.02. The number of Topliss-reactive ketones (excluding diaryl/α,β-unsaturated/α-hetero) is 1. The first-order valence-corrected chi connectivity index (χ1v) is 15.4. The molecule has 5 heteroatoms. The Morgan fingerprint density at radius 3 is 2.31 bits per heavy atom. The van der Waals surface area contributed by atoms with Gasteiger partial charge in [-0.3, -0.25) is 14.6 Å². The SMILES string of the molecule is CC/N=C1\C[C@@H]2[C@@]3(C)C=C(C#N)C(=O)C(C)(C)[C@@H]3CC[C@@]2(C)[C@]2(C)CCC3C(CC(C)(C)C[C@H]3C(=O)OC)C12. The van der Waals surface area contributed by atoms with Gasteiger partial charge >= 0.3 is 5.97 Å². The van der Waals surface area contributed by atoms with Gasteiger partial charge in [0.25, 0.3) is 0 Å². The van der Waals surface area contributed by atoms with Crippen molar-refractivity contribution in [2.75, 3.05) is 13.7 Å². The zero-order valence-electron chi connectivity index (χ0n) is 25.8. The summed E-state index contributed by atoms with van der Waals surface area (Å²) in [5, 5.41) is 10.0. The lowest BCUT2D eigenvalue weighted by Gasteiger charge is -2.71. The first-order chi connectivity index (χ1) is 18.1. The lowest BCUT2D eigenvalue weighted by Crippen LogP contribution is -2.68. The number of esters is 1. The normalized spacial score (nSPS) is 47.0. The fraction of sp³-hybridized carbons (Fsp3) is 0.824. The molecule has 0 N–H and O–H groups in total. The van der Waals surface area contributed by atoms with Gasteiger partial charge in [-0.2, -0.15) is 5.26 Å². The van der Waals surface area contributed by atoms with E-state index in [9.17, 15) is 14.9 Å².